The molecule has 3 rings (SSSR count). The van der Waals surface area contributed by atoms with Gasteiger partial charge in [0.15, 0.2) is 0 Å². The van der Waals surface area contributed by atoms with Crippen LogP contribution in [0.15, 0.2) is 47.4 Å². The number of aryl methyl sites for hydroxylation is 1. The number of piperidine rings is 1. The molecule has 1 amide bonds. The molecule has 0 spiro atoms. The topological polar surface area (TPSA) is 75.7 Å². The van der Waals surface area contributed by atoms with E-state index in [2.05, 4.69) is 50.4 Å². The zero-order chi connectivity index (χ0) is 24.9. The summed E-state index contributed by atoms with van der Waals surface area (Å²) in [7, 11) is -1.98. The molecular weight excluding hydrogens is 448 g/mol. The molecule has 186 valence electrons. The van der Waals surface area contributed by atoms with Gasteiger partial charge in [0.1, 0.15) is 5.75 Å². The molecule has 2 aromatic rings. The van der Waals surface area contributed by atoms with Gasteiger partial charge in [0.25, 0.3) is 0 Å². The Kier molecular flexibility index (Phi) is 8.42. The highest BCUT2D eigenvalue weighted by atomic mass is 32.2. The summed E-state index contributed by atoms with van der Waals surface area (Å²) in [5, 5.41) is 3.05. The van der Waals surface area contributed by atoms with Crippen LogP contribution >= 0.6 is 0 Å². The van der Waals surface area contributed by atoms with Crippen molar-refractivity contribution in [2.24, 2.45) is 0 Å². The summed E-state index contributed by atoms with van der Waals surface area (Å²) in [5.74, 6) is 0.509. The van der Waals surface area contributed by atoms with Gasteiger partial charge in [-0.25, -0.2) is 8.42 Å². The number of hydrogen-bond donors (Lipinski definition) is 1. The number of benzene rings is 2. The van der Waals surface area contributed by atoms with Crippen LogP contribution in [-0.4, -0.2) is 38.8 Å². The maximum absolute atomic E-state index is 13.1. The molecule has 0 aromatic heterocycles. The van der Waals surface area contributed by atoms with E-state index in [-0.39, 0.29) is 28.7 Å². The fraction of sp³-hybridized carbons (Fsp3) is 0.519. The molecule has 7 heteroatoms. The molecule has 34 heavy (non-hydrogen) atoms. The van der Waals surface area contributed by atoms with Gasteiger partial charge in [-0.3, -0.25) is 4.79 Å². The van der Waals surface area contributed by atoms with E-state index in [0.29, 0.717) is 25.3 Å². The van der Waals surface area contributed by atoms with Crippen LogP contribution in [0.5, 0.6) is 5.75 Å². The van der Waals surface area contributed by atoms with E-state index in [1.807, 2.05) is 6.92 Å². The Balaban J connectivity index is 1.65. The Morgan fingerprint density at radius 3 is 2.29 bits per heavy atom. The van der Waals surface area contributed by atoms with Gasteiger partial charge in [-0.2, -0.15) is 4.31 Å². The second-order valence-corrected chi connectivity index (χ2v) is 12.0. The van der Waals surface area contributed by atoms with Crippen LogP contribution in [0.4, 0.5) is 0 Å². The minimum atomic E-state index is -3.54. The SMILES string of the molecule is COc1ccc(S(=O)(=O)N2CCCCC2)cc1CCC(=O)NC(C)c1ccc(C(C)(C)C)cc1. The molecular formula is C27H38N2O4S. The van der Waals surface area contributed by atoms with E-state index in [9.17, 15) is 13.2 Å². The molecule has 0 aliphatic carbocycles. The summed E-state index contributed by atoms with van der Waals surface area (Å²) in [6.07, 6.45) is 3.48. The average molecular weight is 487 g/mol. The van der Waals surface area contributed by atoms with E-state index in [1.54, 1.807) is 29.6 Å². The number of methoxy groups -OCH3 is 1. The van der Waals surface area contributed by atoms with Gasteiger partial charge < -0.3 is 10.1 Å². The van der Waals surface area contributed by atoms with Crippen molar-refractivity contribution in [3.8, 4) is 5.75 Å². The van der Waals surface area contributed by atoms with Crippen LogP contribution in [0.1, 0.15) is 76.1 Å². The Hall–Kier alpha value is -2.38. The van der Waals surface area contributed by atoms with E-state index in [0.717, 1.165) is 30.4 Å². The third-order valence-corrected chi connectivity index (χ3v) is 8.37. The van der Waals surface area contributed by atoms with Crippen molar-refractivity contribution in [1.82, 2.24) is 9.62 Å². The molecule has 1 saturated heterocycles. The molecule has 1 atom stereocenters. The standard InChI is InChI=1S/C27H38N2O4S/c1-20(21-9-12-23(13-10-21)27(2,3)4)28-26(30)16-11-22-19-24(14-15-25(22)33-5)34(31,32)29-17-7-6-8-18-29/h9-10,12-15,19-20H,6-8,11,16-18H2,1-5H3,(H,28,30). The molecule has 1 N–H and O–H groups in total. The van der Waals surface area contributed by atoms with Gasteiger partial charge in [0, 0.05) is 19.5 Å². The van der Waals surface area contributed by atoms with Crippen molar-refractivity contribution < 1.29 is 17.9 Å². The molecule has 0 saturated carbocycles. The van der Waals surface area contributed by atoms with Crippen molar-refractivity contribution in [3.63, 3.8) is 0 Å². The summed E-state index contributed by atoms with van der Waals surface area (Å²) in [6.45, 7) is 9.61. The lowest BCUT2D eigenvalue weighted by Crippen LogP contribution is -2.35. The van der Waals surface area contributed by atoms with E-state index < -0.39 is 10.0 Å². The Morgan fingerprint density at radius 1 is 1.06 bits per heavy atom. The monoisotopic (exact) mass is 486 g/mol. The molecule has 1 aliphatic rings. The molecule has 1 fully saturated rings. The maximum atomic E-state index is 13.1. The molecule has 6 nitrogen and oxygen atoms in total. The Morgan fingerprint density at radius 2 is 1.71 bits per heavy atom. The highest BCUT2D eigenvalue weighted by Crippen LogP contribution is 2.28. The first-order valence-corrected chi connectivity index (χ1v) is 13.5. The van der Waals surface area contributed by atoms with Crippen LogP contribution < -0.4 is 10.1 Å². The second-order valence-electron chi connectivity index (χ2n) is 10.1. The number of rotatable bonds is 8. The number of ether oxygens (including phenoxy) is 1. The predicted molar refractivity (Wildman–Crippen MR) is 136 cm³/mol. The van der Waals surface area contributed by atoms with Gasteiger partial charge in [0.05, 0.1) is 18.0 Å². The minimum Gasteiger partial charge on any atom is -0.496 e. The fourth-order valence-corrected chi connectivity index (χ4v) is 5.85. The summed E-state index contributed by atoms with van der Waals surface area (Å²) in [5.41, 5.74) is 3.10. The largest absolute Gasteiger partial charge is 0.496 e. The first-order valence-electron chi connectivity index (χ1n) is 12.1. The molecule has 2 aromatic carbocycles. The molecule has 1 heterocycles. The number of nitrogens with one attached hydrogen (secondary N) is 1. The average Bonchev–Trinajstić information content (AvgIpc) is 2.82. The number of amides is 1. The van der Waals surface area contributed by atoms with Gasteiger partial charge in [0.2, 0.25) is 15.9 Å². The third kappa shape index (κ3) is 6.39. The van der Waals surface area contributed by atoms with E-state index >= 15 is 0 Å². The van der Waals surface area contributed by atoms with Crippen molar-refractivity contribution in [1.29, 1.82) is 0 Å². The molecule has 1 unspecified atom stereocenters. The minimum absolute atomic E-state index is 0.0834. The number of sulfonamides is 1. The van der Waals surface area contributed by atoms with E-state index in [1.165, 1.54) is 5.56 Å². The second kappa shape index (κ2) is 10.9. The lowest BCUT2D eigenvalue weighted by molar-refractivity contribution is -0.121. The summed E-state index contributed by atoms with van der Waals surface area (Å²) < 4.78 is 33.1. The van der Waals surface area contributed by atoms with Crippen LogP contribution in [0.3, 0.4) is 0 Å². The quantitative estimate of drug-likeness (QED) is 0.571. The summed E-state index contributed by atoms with van der Waals surface area (Å²) in [4.78, 5) is 12.9. The Bertz CT molecular complexity index is 1080. The van der Waals surface area contributed by atoms with Crippen molar-refractivity contribution in [2.75, 3.05) is 20.2 Å². The normalized spacial score (nSPS) is 16.1. The van der Waals surface area contributed by atoms with Crippen molar-refractivity contribution in [2.45, 2.75) is 76.2 Å². The first-order chi connectivity index (χ1) is 16.0. The highest BCUT2D eigenvalue weighted by molar-refractivity contribution is 7.89. The first kappa shape index (κ1) is 26.2. The van der Waals surface area contributed by atoms with Crippen molar-refractivity contribution >= 4 is 15.9 Å². The third-order valence-electron chi connectivity index (χ3n) is 6.48. The molecule has 1 aliphatic heterocycles. The smallest absolute Gasteiger partial charge is 0.243 e. The number of nitrogens with zero attached hydrogens (tertiary/aromatic N) is 1. The van der Waals surface area contributed by atoms with Gasteiger partial charge >= 0.3 is 0 Å². The highest BCUT2D eigenvalue weighted by Gasteiger charge is 2.26. The van der Waals surface area contributed by atoms with Crippen LogP contribution in [0.2, 0.25) is 0 Å². The predicted octanol–water partition coefficient (Wildman–Crippen LogP) is 4.98. The summed E-state index contributed by atoms with van der Waals surface area (Å²) >= 11 is 0. The molecule has 0 bridgehead atoms. The van der Waals surface area contributed by atoms with E-state index in [4.69, 9.17) is 4.74 Å². The fourth-order valence-electron chi connectivity index (χ4n) is 4.28. The maximum Gasteiger partial charge on any atom is 0.243 e. The van der Waals surface area contributed by atoms with Crippen LogP contribution in [-0.2, 0) is 26.7 Å². The van der Waals surface area contributed by atoms with Gasteiger partial charge in [-0.1, -0.05) is 51.5 Å². The lowest BCUT2D eigenvalue weighted by Gasteiger charge is -2.26. The number of carbonyl (C=O) groups is 1. The zero-order valence-corrected chi connectivity index (χ0v) is 21.9. The Labute approximate surface area is 204 Å². The molecule has 0 radical (unpaired) electrons. The van der Waals surface area contributed by atoms with Crippen LogP contribution in [0.25, 0.3) is 0 Å². The lowest BCUT2D eigenvalue weighted by atomic mass is 9.86. The van der Waals surface area contributed by atoms with Gasteiger partial charge in [-0.15, -0.1) is 0 Å². The zero-order valence-electron chi connectivity index (χ0n) is 21.1. The van der Waals surface area contributed by atoms with Crippen LogP contribution in [0, 0.1) is 0 Å². The number of carbonyl (C=O) groups excluding carboxylic acids is 1. The summed E-state index contributed by atoms with van der Waals surface area (Å²) in [6, 6.07) is 13.2. The van der Waals surface area contributed by atoms with Gasteiger partial charge in [-0.05, 0) is 66.5 Å². The van der Waals surface area contributed by atoms with Crippen molar-refractivity contribution in [3.05, 3.63) is 59.2 Å². The number of hydrogen-bond acceptors (Lipinski definition) is 4.